The molecule has 0 radical (unpaired) electrons. The number of nitrogens with two attached hydrogens (primary N) is 1. The highest BCUT2D eigenvalue weighted by molar-refractivity contribution is 6.38. The number of fused-ring (bicyclic) bond motifs is 1. The van der Waals surface area contributed by atoms with E-state index in [0.717, 1.165) is 16.6 Å². The lowest BCUT2D eigenvalue weighted by molar-refractivity contribution is 1.03. The van der Waals surface area contributed by atoms with Crippen molar-refractivity contribution >= 4 is 39.8 Å². The molecule has 0 amide bonds. The minimum atomic E-state index is 0.555. The zero-order valence-corrected chi connectivity index (χ0v) is 10.0. The van der Waals surface area contributed by atoms with E-state index in [-0.39, 0.29) is 0 Å². The fraction of sp³-hybridized carbons (Fsp3) is 0.182. The van der Waals surface area contributed by atoms with Crippen LogP contribution in [0.5, 0.6) is 0 Å². The lowest BCUT2D eigenvalue weighted by Crippen LogP contribution is -2.13. The number of nitrogens with zero attached hydrogens (tertiary/aromatic N) is 1. The first-order chi connectivity index (χ1) is 7.72. The Balaban J connectivity index is 2.57. The van der Waals surface area contributed by atoms with Gasteiger partial charge in [-0.2, -0.15) is 0 Å². The lowest BCUT2D eigenvalue weighted by atomic mass is 10.2. The van der Waals surface area contributed by atoms with Gasteiger partial charge in [-0.25, -0.2) is 0 Å². The number of aromatic nitrogens is 1. The maximum absolute atomic E-state index is 6.07. The molecule has 16 heavy (non-hydrogen) atoms. The highest BCUT2D eigenvalue weighted by Crippen LogP contribution is 2.30. The Morgan fingerprint density at radius 1 is 1.31 bits per heavy atom. The smallest absolute Gasteiger partial charge is 0.0909 e. The molecule has 0 saturated heterocycles. The van der Waals surface area contributed by atoms with Crippen LogP contribution < -0.4 is 11.1 Å². The van der Waals surface area contributed by atoms with E-state index in [4.69, 9.17) is 28.9 Å². The summed E-state index contributed by atoms with van der Waals surface area (Å²) in [5.74, 6) is 0. The average Bonchev–Trinajstić information content (AvgIpc) is 2.26. The second-order valence-corrected chi connectivity index (χ2v) is 4.20. The molecule has 0 unspecified atom stereocenters. The molecule has 1 heterocycles. The third-order valence-corrected chi connectivity index (χ3v) is 2.73. The summed E-state index contributed by atoms with van der Waals surface area (Å²) in [6.45, 7) is 1.27. The van der Waals surface area contributed by atoms with Crippen molar-refractivity contribution in [3.63, 3.8) is 0 Å². The monoisotopic (exact) mass is 255 g/mol. The van der Waals surface area contributed by atoms with Crippen molar-refractivity contribution in [3.8, 4) is 0 Å². The Kier molecular flexibility index (Phi) is 3.49. The van der Waals surface area contributed by atoms with Crippen molar-refractivity contribution < 1.29 is 0 Å². The quantitative estimate of drug-likeness (QED) is 0.887. The van der Waals surface area contributed by atoms with Gasteiger partial charge in [0, 0.05) is 35.4 Å². The van der Waals surface area contributed by atoms with Crippen molar-refractivity contribution in [2.45, 2.75) is 0 Å². The molecule has 0 saturated carbocycles. The number of rotatable bonds is 3. The molecule has 1 aromatic carbocycles. The van der Waals surface area contributed by atoms with Crippen LogP contribution in [0.1, 0.15) is 0 Å². The summed E-state index contributed by atoms with van der Waals surface area (Å²) in [4.78, 5) is 4.23. The summed E-state index contributed by atoms with van der Waals surface area (Å²) >= 11 is 12.0. The van der Waals surface area contributed by atoms with Gasteiger partial charge in [0.1, 0.15) is 0 Å². The summed E-state index contributed by atoms with van der Waals surface area (Å²) in [6, 6.07) is 5.41. The Morgan fingerprint density at radius 2 is 2.12 bits per heavy atom. The van der Waals surface area contributed by atoms with Gasteiger partial charge in [-0.15, -0.1) is 0 Å². The highest BCUT2D eigenvalue weighted by atomic mass is 35.5. The minimum absolute atomic E-state index is 0.555. The molecular weight excluding hydrogens is 245 g/mol. The van der Waals surface area contributed by atoms with Gasteiger partial charge in [0.15, 0.2) is 0 Å². The molecule has 0 atom stereocenters. The summed E-state index contributed by atoms with van der Waals surface area (Å²) in [7, 11) is 0. The van der Waals surface area contributed by atoms with E-state index < -0.39 is 0 Å². The predicted molar refractivity (Wildman–Crippen MR) is 69.3 cm³/mol. The molecule has 84 valence electrons. The Bertz CT molecular complexity index is 514. The minimum Gasteiger partial charge on any atom is -0.383 e. The van der Waals surface area contributed by atoms with Crippen molar-refractivity contribution in [1.29, 1.82) is 0 Å². The zero-order chi connectivity index (χ0) is 11.5. The third-order valence-electron chi connectivity index (χ3n) is 2.22. The molecule has 2 rings (SSSR count). The van der Waals surface area contributed by atoms with E-state index in [9.17, 15) is 0 Å². The van der Waals surface area contributed by atoms with Crippen LogP contribution in [0.2, 0.25) is 10.0 Å². The molecule has 5 heteroatoms. The number of pyridine rings is 1. The normalized spacial score (nSPS) is 10.7. The molecule has 0 fully saturated rings. The van der Waals surface area contributed by atoms with Crippen molar-refractivity contribution in [2.75, 3.05) is 18.4 Å². The second kappa shape index (κ2) is 4.87. The number of halogens is 2. The van der Waals surface area contributed by atoms with E-state index in [2.05, 4.69) is 10.3 Å². The number of hydrogen-bond donors (Lipinski definition) is 2. The standard InChI is InChI=1S/C11H11Cl2N3/c12-7-5-8-10(15-4-2-14)1-3-16-11(8)9(13)6-7/h1,3,5-6H,2,4,14H2,(H,15,16). The second-order valence-electron chi connectivity index (χ2n) is 3.36. The maximum atomic E-state index is 6.07. The van der Waals surface area contributed by atoms with Gasteiger partial charge in [-0.3, -0.25) is 4.98 Å². The predicted octanol–water partition coefficient (Wildman–Crippen LogP) is 2.91. The molecule has 0 spiro atoms. The Morgan fingerprint density at radius 3 is 2.88 bits per heavy atom. The first-order valence-corrected chi connectivity index (χ1v) is 5.65. The third kappa shape index (κ3) is 2.21. The van der Waals surface area contributed by atoms with E-state index in [0.29, 0.717) is 23.1 Å². The number of benzene rings is 1. The highest BCUT2D eigenvalue weighted by Gasteiger charge is 2.06. The van der Waals surface area contributed by atoms with Gasteiger partial charge < -0.3 is 11.1 Å². The van der Waals surface area contributed by atoms with Gasteiger partial charge in [-0.1, -0.05) is 23.2 Å². The molecule has 0 bridgehead atoms. The summed E-state index contributed by atoms with van der Waals surface area (Å²) in [6.07, 6.45) is 1.71. The van der Waals surface area contributed by atoms with Crippen LogP contribution in [0.4, 0.5) is 5.69 Å². The number of hydrogen-bond acceptors (Lipinski definition) is 3. The summed E-state index contributed by atoms with van der Waals surface area (Å²) in [5.41, 5.74) is 7.14. The van der Waals surface area contributed by atoms with E-state index in [1.54, 1.807) is 12.3 Å². The van der Waals surface area contributed by atoms with Crippen LogP contribution >= 0.6 is 23.2 Å². The largest absolute Gasteiger partial charge is 0.383 e. The van der Waals surface area contributed by atoms with E-state index in [1.165, 1.54) is 0 Å². The van der Waals surface area contributed by atoms with Crippen LogP contribution in [0.25, 0.3) is 10.9 Å². The molecule has 3 nitrogen and oxygen atoms in total. The Hall–Kier alpha value is -1.03. The van der Waals surface area contributed by atoms with Gasteiger partial charge in [0.2, 0.25) is 0 Å². The fourth-order valence-electron chi connectivity index (χ4n) is 1.54. The van der Waals surface area contributed by atoms with Crippen molar-refractivity contribution in [2.24, 2.45) is 5.73 Å². The van der Waals surface area contributed by atoms with Crippen molar-refractivity contribution in [3.05, 3.63) is 34.4 Å². The van der Waals surface area contributed by atoms with Crippen molar-refractivity contribution in [1.82, 2.24) is 4.98 Å². The topological polar surface area (TPSA) is 50.9 Å². The Labute approximate surface area is 104 Å². The molecule has 0 aliphatic rings. The average molecular weight is 256 g/mol. The van der Waals surface area contributed by atoms with Crippen LogP contribution in [0.3, 0.4) is 0 Å². The van der Waals surface area contributed by atoms with Crippen LogP contribution in [-0.2, 0) is 0 Å². The van der Waals surface area contributed by atoms with E-state index in [1.807, 2.05) is 12.1 Å². The SMILES string of the molecule is NCCNc1ccnc2c(Cl)cc(Cl)cc12. The van der Waals surface area contributed by atoms with Gasteiger partial charge in [-0.05, 0) is 18.2 Å². The van der Waals surface area contributed by atoms with Crippen LogP contribution in [0.15, 0.2) is 24.4 Å². The fourth-order valence-corrected chi connectivity index (χ4v) is 2.08. The van der Waals surface area contributed by atoms with Crippen LogP contribution in [-0.4, -0.2) is 18.1 Å². The van der Waals surface area contributed by atoms with Gasteiger partial charge in [0.05, 0.1) is 10.5 Å². The summed E-state index contributed by atoms with van der Waals surface area (Å²) in [5, 5.41) is 5.27. The summed E-state index contributed by atoms with van der Waals surface area (Å²) < 4.78 is 0. The zero-order valence-electron chi connectivity index (χ0n) is 8.50. The molecule has 1 aromatic heterocycles. The van der Waals surface area contributed by atoms with Gasteiger partial charge in [0.25, 0.3) is 0 Å². The van der Waals surface area contributed by atoms with E-state index >= 15 is 0 Å². The number of nitrogens with one attached hydrogen (secondary N) is 1. The maximum Gasteiger partial charge on any atom is 0.0909 e. The molecule has 0 aliphatic carbocycles. The first kappa shape index (κ1) is 11.5. The van der Waals surface area contributed by atoms with Gasteiger partial charge >= 0.3 is 0 Å². The molecular formula is C11H11Cl2N3. The lowest BCUT2D eigenvalue weighted by Gasteiger charge is -2.09. The number of anilines is 1. The molecule has 2 aromatic rings. The van der Waals surface area contributed by atoms with Crippen LogP contribution in [0, 0.1) is 0 Å². The molecule has 0 aliphatic heterocycles. The molecule has 3 N–H and O–H groups in total. The first-order valence-electron chi connectivity index (χ1n) is 4.90.